The van der Waals surface area contributed by atoms with E-state index in [0.717, 1.165) is 5.56 Å². The van der Waals surface area contributed by atoms with E-state index in [-0.39, 0.29) is 12.3 Å². The predicted molar refractivity (Wildman–Crippen MR) is 73.6 cm³/mol. The van der Waals surface area contributed by atoms with E-state index >= 15 is 0 Å². The van der Waals surface area contributed by atoms with Crippen molar-refractivity contribution >= 4 is 5.91 Å². The number of carbonyl (C=O) groups excluding carboxylic acids is 1. The number of carbonyl (C=O) groups is 1. The molecule has 0 atom stereocenters. The van der Waals surface area contributed by atoms with Gasteiger partial charge in [0.15, 0.2) is 0 Å². The molecular formula is C15H16N2O2. The van der Waals surface area contributed by atoms with E-state index in [1.165, 1.54) is 0 Å². The number of amides is 1. The number of aryl methyl sites for hydroxylation is 1. The van der Waals surface area contributed by atoms with Crippen LogP contribution in [0.2, 0.25) is 0 Å². The summed E-state index contributed by atoms with van der Waals surface area (Å²) in [5.74, 6) is 1.13. The molecule has 0 saturated carbocycles. The molecule has 0 aliphatic carbocycles. The highest BCUT2D eigenvalue weighted by molar-refractivity contribution is 5.78. The Labute approximate surface area is 112 Å². The van der Waals surface area contributed by atoms with Crippen molar-refractivity contribution in [2.24, 2.45) is 0 Å². The third kappa shape index (κ3) is 3.31. The van der Waals surface area contributed by atoms with Crippen LogP contribution in [0.4, 0.5) is 0 Å². The first-order valence-corrected chi connectivity index (χ1v) is 6.10. The monoisotopic (exact) mass is 256 g/mol. The van der Waals surface area contributed by atoms with Crippen LogP contribution in [0.5, 0.6) is 0 Å². The fraction of sp³-hybridized carbons (Fsp3) is 0.200. The first-order chi connectivity index (χ1) is 9.20. The van der Waals surface area contributed by atoms with E-state index in [1.807, 2.05) is 37.3 Å². The number of hydrogen-bond donors (Lipinski definition) is 1. The second-order valence-electron chi connectivity index (χ2n) is 4.16. The molecule has 1 N–H and O–H groups in total. The van der Waals surface area contributed by atoms with Crippen LogP contribution in [0.3, 0.4) is 0 Å². The van der Waals surface area contributed by atoms with Crippen LogP contribution in [0.25, 0.3) is 11.5 Å². The molecule has 0 spiro atoms. The zero-order valence-electron chi connectivity index (χ0n) is 10.8. The Bertz CT molecular complexity index is 573. The van der Waals surface area contributed by atoms with Crippen molar-refractivity contribution in [3.63, 3.8) is 0 Å². The lowest BCUT2D eigenvalue weighted by molar-refractivity contribution is -0.120. The second-order valence-corrected chi connectivity index (χ2v) is 4.16. The normalized spacial score (nSPS) is 10.2. The van der Waals surface area contributed by atoms with Crippen molar-refractivity contribution in [1.82, 2.24) is 10.3 Å². The van der Waals surface area contributed by atoms with Crippen molar-refractivity contribution in [2.75, 3.05) is 6.54 Å². The smallest absolute Gasteiger partial charge is 0.226 e. The summed E-state index contributed by atoms with van der Waals surface area (Å²) in [6, 6.07) is 9.62. The minimum atomic E-state index is -0.0871. The Morgan fingerprint density at radius 3 is 2.84 bits per heavy atom. The minimum absolute atomic E-state index is 0.0871. The summed E-state index contributed by atoms with van der Waals surface area (Å²) in [6.07, 6.45) is 1.86. The number of benzene rings is 1. The molecule has 1 aromatic carbocycles. The first kappa shape index (κ1) is 13.1. The maximum Gasteiger partial charge on any atom is 0.226 e. The molecule has 0 aliphatic rings. The lowest BCUT2D eigenvalue weighted by atomic mass is 10.2. The van der Waals surface area contributed by atoms with Crippen molar-refractivity contribution in [3.05, 3.63) is 54.4 Å². The average Bonchev–Trinajstić information content (AvgIpc) is 2.79. The van der Waals surface area contributed by atoms with E-state index < -0.39 is 0 Å². The Morgan fingerprint density at radius 2 is 2.16 bits per heavy atom. The van der Waals surface area contributed by atoms with Gasteiger partial charge in [0.1, 0.15) is 5.76 Å². The van der Waals surface area contributed by atoms with E-state index in [9.17, 15) is 4.79 Å². The van der Waals surface area contributed by atoms with Crippen molar-refractivity contribution in [1.29, 1.82) is 0 Å². The van der Waals surface area contributed by atoms with Gasteiger partial charge in [0.05, 0.1) is 12.1 Å². The molecule has 1 amide bonds. The highest BCUT2D eigenvalue weighted by Crippen LogP contribution is 2.21. The molecule has 0 aliphatic heterocycles. The van der Waals surface area contributed by atoms with Crippen molar-refractivity contribution in [2.45, 2.75) is 13.3 Å². The van der Waals surface area contributed by atoms with Crippen LogP contribution in [-0.4, -0.2) is 17.4 Å². The molecule has 98 valence electrons. The van der Waals surface area contributed by atoms with E-state index in [1.54, 1.807) is 6.08 Å². The number of aromatic nitrogens is 1. The fourth-order valence-corrected chi connectivity index (χ4v) is 1.70. The average molecular weight is 256 g/mol. The summed E-state index contributed by atoms with van der Waals surface area (Å²) in [5, 5.41) is 2.72. The van der Waals surface area contributed by atoms with Gasteiger partial charge in [-0.3, -0.25) is 4.79 Å². The summed E-state index contributed by atoms with van der Waals surface area (Å²) < 4.78 is 5.59. The number of nitrogens with one attached hydrogen (secondary N) is 1. The number of nitrogens with zero attached hydrogens (tertiary/aromatic N) is 1. The third-order valence-electron chi connectivity index (χ3n) is 2.68. The second kappa shape index (κ2) is 6.00. The zero-order valence-corrected chi connectivity index (χ0v) is 10.8. The van der Waals surface area contributed by atoms with E-state index in [0.29, 0.717) is 23.9 Å². The van der Waals surface area contributed by atoms with Crippen molar-refractivity contribution < 1.29 is 9.21 Å². The SMILES string of the molecule is C=CCNC(=O)Cc1nc(-c2ccccc2)oc1C. The van der Waals surface area contributed by atoms with Gasteiger partial charge in [-0.2, -0.15) is 0 Å². The molecule has 0 saturated heterocycles. The lowest BCUT2D eigenvalue weighted by Crippen LogP contribution is -2.25. The van der Waals surface area contributed by atoms with Crippen LogP contribution in [0, 0.1) is 6.92 Å². The summed E-state index contributed by atoms with van der Waals surface area (Å²) in [5.41, 5.74) is 1.57. The summed E-state index contributed by atoms with van der Waals surface area (Å²) in [4.78, 5) is 16.0. The Kier molecular flexibility index (Phi) is 4.13. The van der Waals surface area contributed by atoms with E-state index in [2.05, 4.69) is 16.9 Å². The van der Waals surface area contributed by atoms with Crippen LogP contribution < -0.4 is 5.32 Å². The highest BCUT2D eigenvalue weighted by Gasteiger charge is 2.13. The quantitative estimate of drug-likeness (QED) is 0.836. The topological polar surface area (TPSA) is 55.1 Å². The predicted octanol–water partition coefficient (Wildman–Crippen LogP) is 2.49. The number of rotatable bonds is 5. The standard InChI is InChI=1S/C15H16N2O2/c1-3-9-16-14(18)10-13-11(2)19-15(17-13)12-7-5-4-6-8-12/h3-8H,1,9-10H2,2H3,(H,16,18). The molecule has 0 radical (unpaired) electrons. The lowest BCUT2D eigenvalue weighted by Gasteiger charge is -1.99. The van der Waals surface area contributed by atoms with Gasteiger partial charge in [0.2, 0.25) is 11.8 Å². The molecule has 0 bridgehead atoms. The van der Waals surface area contributed by atoms with Crippen LogP contribution in [0.1, 0.15) is 11.5 Å². The van der Waals surface area contributed by atoms with E-state index in [4.69, 9.17) is 4.42 Å². The summed E-state index contributed by atoms with van der Waals surface area (Å²) in [7, 11) is 0. The highest BCUT2D eigenvalue weighted by atomic mass is 16.4. The van der Waals surface area contributed by atoms with Crippen LogP contribution >= 0.6 is 0 Å². The molecule has 2 aromatic rings. The Balaban J connectivity index is 2.13. The molecule has 0 unspecified atom stereocenters. The maximum atomic E-state index is 11.6. The summed E-state index contributed by atoms with van der Waals surface area (Å²) >= 11 is 0. The third-order valence-corrected chi connectivity index (χ3v) is 2.68. The molecule has 19 heavy (non-hydrogen) atoms. The first-order valence-electron chi connectivity index (χ1n) is 6.10. The van der Waals surface area contributed by atoms with Crippen molar-refractivity contribution in [3.8, 4) is 11.5 Å². The molecule has 2 rings (SSSR count). The maximum absolute atomic E-state index is 11.6. The van der Waals surface area contributed by atoms with Gasteiger partial charge in [0, 0.05) is 12.1 Å². The molecular weight excluding hydrogens is 240 g/mol. The fourth-order valence-electron chi connectivity index (χ4n) is 1.70. The molecule has 4 nitrogen and oxygen atoms in total. The zero-order chi connectivity index (χ0) is 13.7. The van der Waals surface area contributed by atoms with Gasteiger partial charge in [-0.15, -0.1) is 6.58 Å². The number of hydrogen-bond acceptors (Lipinski definition) is 3. The molecule has 1 heterocycles. The van der Waals surface area contributed by atoms with Crippen LogP contribution in [-0.2, 0) is 11.2 Å². The van der Waals surface area contributed by atoms with Gasteiger partial charge in [0.25, 0.3) is 0 Å². The van der Waals surface area contributed by atoms with Gasteiger partial charge in [-0.05, 0) is 19.1 Å². The van der Waals surface area contributed by atoms with Gasteiger partial charge < -0.3 is 9.73 Å². The van der Waals surface area contributed by atoms with Crippen LogP contribution in [0.15, 0.2) is 47.4 Å². The largest absolute Gasteiger partial charge is 0.441 e. The minimum Gasteiger partial charge on any atom is -0.441 e. The van der Waals surface area contributed by atoms with Gasteiger partial charge in [-0.1, -0.05) is 24.3 Å². The molecule has 1 aromatic heterocycles. The van der Waals surface area contributed by atoms with Gasteiger partial charge >= 0.3 is 0 Å². The summed E-state index contributed by atoms with van der Waals surface area (Å²) in [6.45, 7) is 5.83. The molecule has 0 fully saturated rings. The molecule has 4 heteroatoms. The Hall–Kier alpha value is -2.36. The Morgan fingerprint density at radius 1 is 1.42 bits per heavy atom. The number of oxazole rings is 1. The van der Waals surface area contributed by atoms with Gasteiger partial charge in [-0.25, -0.2) is 4.98 Å².